The number of rotatable bonds is 5. The molecule has 2 aliphatic heterocycles. The Labute approximate surface area is 208 Å². The molecule has 36 heavy (non-hydrogen) atoms. The van der Waals surface area contributed by atoms with Crippen molar-refractivity contribution in [2.45, 2.75) is 25.4 Å². The SMILES string of the molecule is Fc1cc(-c2cccc3ncc(-c4cnn(C5CCCNC5)c4)nc23)cc(F)c1CN1CCOCC1. The molecule has 4 heterocycles. The lowest BCUT2D eigenvalue weighted by Crippen LogP contribution is -2.36. The highest BCUT2D eigenvalue weighted by atomic mass is 19.1. The molecule has 0 bridgehead atoms. The van der Waals surface area contributed by atoms with Crippen molar-refractivity contribution in [3.63, 3.8) is 0 Å². The summed E-state index contributed by atoms with van der Waals surface area (Å²) in [4.78, 5) is 11.4. The smallest absolute Gasteiger partial charge is 0.131 e. The van der Waals surface area contributed by atoms with Crippen molar-refractivity contribution in [3.05, 3.63) is 66.1 Å². The van der Waals surface area contributed by atoms with Gasteiger partial charge in [-0.15, -0.1) is 0 Å². The second kappa shape index (κ2) is 10.0. The Kier molecular flexibility index (Phi) is 6.43. The summed E-state index contributed by atoms with van der Waals surface area (Å²) in [6, 6.07) is 8.63. The maximum atomic E-state index is 15.1. The van der Waals surface area contributed by atoms with Crippen molar-refractivity contribution in [2.24, 2.45) is 0 Å². The largest absolute Gasteiger partial charge is 0.379 e. The fourth-order valence-corrected chi connectivity index (χ4v) is 5.03. The molecular weight excluding hydrogens is 462 g/mol. The van der Waals surface area contributed by atoms with E-state index >= 15 is 8.78 Å². The van der Waals surface area contributed by atoms with Gasteiger partial charge in [0, 0.05) is 49.1 Å². The lowest BCUT2D eigenvalue weighted by Gasteiger charge is -2.27. The first-order valence-corrected chi connectivity index (χ1v) is 12.4. The van der Waals surface area contributed by atoms with Crippen LogP contribution in [-0.2, 0) is 11.3 Å². The van der Waals surface area contributed by atoms with Crippen LogP contribution in [0.15, 0.2) is 48.9 Å². The highest BCUT2D eigenvalue weighted by molar-refractivity contribution is 5.92. The number of hydrogen-bond acceptors (Lipinski definition) is 6. The van der Waals surface area contributed by atoms with E-state index in [9.17, 15) is 0 Å². The Morgan fingerprint density at radius 1 is 1.06 bits per heavy atom. The van der Waals surface area contributed by atoms with Crippen LogP contribution in [0.3, 0.4) is 0 Å². The Morgan fingerprint density at radius 3 is 2.67 bits per heavy atom. The molecule has 1 unspecified atom stereocenters. The number of aromatic nitrogens is 4. The minimum atomic E-state index is -0.556. The van der Waals surface area contributed by atoms with Crippen LogP contribution in [0.4, 0.5) is 8.78 Å². The second-order valence-corrected chi connectivity index (χ2v) is 9.44. The molecule has 1 N–H and O–H groups in total. The van der Waals surface area contributed by atoms with Gasteiger partial charge in [-0.3, -0.25) is 14.6 Å². The van der Waals surface area contributed by atoms with E-state index in [0.717, 1.165) is 31.5 Å². The van der Waals surface area contributed by atoms with Crippen LogP contribution in [0.1, 0.15) is 24.4 Å². The van der Waals surface area contributed by atoms with Gasteiger partial charge in [-0.1, -0.05) is 12.1 Å². The standard InChI is InChI=1S/C27H28F2N6O/c28-23-11-18(12-24(29)22(23)17-34-7-9-36-10-8-34)21-4-1-5-25-27(21)33-26(15-31-25)19-13-32-35(16-19)20-3-2-6-30-14-20/h1,4-5,11-13,15-16,20,30H,2-3,6-10,14,17H2. The maximum Gasteiger partial charge on any atom is 0.131 e. The van der Waals surface area contributed by atoms with E-state index in [1.165, 1.54) is 12.1 Å². The summed E-state index contributed by atoms with van der Waals surface area (Å²) < 4.78 is 37.6. The minimum Gasteiger partial charge on any atom is -0.379 e. The van der Waals surface area contributed by atoms with E-state index in [1.807, 2.05) is 34.0 Å². The van der Waals surface area contributed by atoms with Gasteiger partial charge < -0.3 is 10.1 Å². The van der Waals surface area contributed by atoms with Crippen LogP contribution in [0.5, 0.6) is 0 Å². The van der Waals surface area contributed by atoms with Crippen molar-refractivity contribution >= 4 is 11.0 Å². The van der Waals surface area contributed by atoms with Gasteiger partial charge in [-0.05, 0) is 43.1 Å². The van der Waals surface area contributed by atoms with Gasteiger partial charge in [0.1, 0.15) is 11.6 Å². The molecule has 186 valence electrons. The van der Waals surface area contributed by atoms with Crippen molar-refractivity contribution in [3.8, 4) is 22.4 Å². The van der Waals surface area contributed by atoms with Crippen LogP contribution in [0, 0.1) is 11.6 Å². The molecule has 0 aliphatic carbocycles. The number of hydrogen-bond donors (Lipinski definition) is 1. The maximum absolute atomic E-state index is 15.1. The zero-order chi connectivity index (χ0) is 24.5. The van der Waals surface area contributed by atoms with E-state index in [4.69, 9.17) is 9.72 Å². The number of fused-ring (bicyclic) bond motifs is 1. The summed E-state index contributed by atoms with van der Waals surface area (Å²) >= 11 is 0. The van der Waals surface area contributed by atoms with Gasteiger partial charge in [-0.2, -0.15) is 5.10 Å². The molecule has 9 heteroatoms. The topological polar surface area (TPSA) is 68.1 Å². The van der Waals surface area contributed by atoms with Gasteiger partial charge in [0.15, 0.2) is 0 Å². The molecule has 2 aromatic heterocycles. The predicted molar refractivity (Wildman–Crippen MR) is 133 cm³/mol. The number of piperidine rings is 1. The molecule has 6 rings (SSSR count). The average Bonchev–Trinajstić information content (AvgIpc) is 3.42. The number of halogens is 2. The molecule has 2 fully saturated rings. The van der Waals surface area contributed by atoms with Gasteiger partial charge in [0.05, 0.1) is 48.4 Å². The van der Waals surface area contributed by atoms with E-state index < -0.39 is 11.6 Å². The molecule has 2 aromatic carbocycles. The molecule has 0 amide bonds. The third-order valence-electron chi connectivity index (χ3n) is 7.05. The van der Waals surface area contributed by atoms with Crippen LogP contribution in [-0.4, -0.2) is 64.0 Å². The lowest BCUT2D eigenvalue weighted by atomic mass is 10.0. The monoisotopic (exact) mass is 490 g/mol. The van der Waals surface area contributed by atoms with Crippen molar-refractivity contribution < 1.29 is 13.5 Å². The quantitative estimate of drug-likeness (QED) is 0.453. The number of nitrogens with one attached hydrogen (secondary N) is 1. The summed E-state index contributed by atoms with van der Waals surface area (Å²) in [5.41, 5.74) is 3.97. The summed E-state index contributed by atoms with van der Waals surface area (Å²) in [7, 11) is 0. The van der Waals surface area contributed by atoms with Crippen LogP contribution >= 0.6 is 0 Å². The Bertz CT molecular complexity index is 1350. The number of para-hydroxylation sites is 1. The van der Waals surface area contributed by atoms with Crippen molar-refractivity contribution in [1.82, 2.24) is 30.0 Å². The summed E-state index contributed by atoms with van der Waals surface area (Å²) in [6.07, 6.45) is 7.72. The third kappa shape index (κ3) is 4.61. The highest BCUT2D eigenvalue weighted by Crippen LogP contribution is 2.31. The number of morpholine rings is 1. The van der Waals surface area contributed by atoms with Crippen LogP contribution in [0.2, 0.25) is 0 Å². The molecule has 0 spiro atoms. The van der Waals surface area contributed by atoms with Gasteiger partial charge in [0.25, 0.3) is 0 Å². The van der Waals surface area contributed by atoms with Gasteiger partial charge in [0.2, 0.25) is 0 Å². The molecule has 1 atom stereocenters. The molecule has 0 radical (unpaired) electrons. The van der Waals surface area contributed by atoms with E-state index in [0.29, 0.717) is 60.2 Å². The fraction of sp³-hybridized carbons (Fsp3) is 0.370. The first-order chi connectivity index (χ1) is 17.7. The minimum absolute atomic E-state index is 0.0808. The molecular formula is C27H28F2N6O. The molecule has 2 aliphatic rings. The number of ether oxygens (including phenoxy) is 1. The van der Waals surface area contributed by atoms with Crippen LogP contribution in [0.25, 0.3) is 33.4 Å². The first kappa shape index (κ1) is 23.1. The molecule has 4 aromatic rings. The summed E-state index contributed by atoms with van der Waals surface area (Å²) in [5, 5.41) is 7.97. The lowest BCUT2D eigenvalue weighted by molar-refractivity contribution is 0.0332. The van der Waals surface area contributed by atoms with E-state index in [1.54, 1.807) is 12.4 Å². The third-order valence-corrected chi connectivity index (χ3v) is 7.05. The predicted octanol–water partition coefficient (Wildman–Crippen LogP) is 4.20. The fourth-order valence-electron chi connectivity index (χ4n) is 5.03. The average molecular weight is 491 g/mol. The van der Waals surface area contributed by atoms with E-state index in [-0.39, 0.29) is 12.1 Å². The number of nitrogens with zero attached hydrogens (tertiary/aromatic N) is 5. The summed E-state index contributed by atoms with van der Waals surface area (Å²) in [6.45, 7) is 4.64. The Morgan fingerprint density at radius 2 is 1.89 bits per heavy atom. The van der Waals surface area contributed by atoms with E-state index in [2.05, 4.69) is 15.4 Å². The zero-order valence-electron chi connectivity index (χ0n) is 20.0. The molecule has 7 nitrogen and oxygen atoms in total. The van der Waals surface area contributed by atoms with Gasteiger partial charge in [-0.25, -0.2) is 13.8 Å². The van der Waals surface area contributed by atoms with Crippen LogP contribution < -0.4 is 5.32 Å². The Hall–Kier alpha value is -3.27. The molecule has 0 saturated carbocycles. The van der Waals surface area contributed by atoms with Crippen molar-refractivity contribution in [1.29, 1.82) is 0 Å². The zero-order valence-corrected chi connectivity index (χ0v) is 20.0. The second-order valence-electron chi connectivity index (χ2n) is 9.44. The number of benzene rings is 2. The first-order valence-electron chi connectivity index (χ1n) is 12.4. The summed E-state index contributed by atoms with van der Waals surface area (Å²) in [5.74, 6) is -1.11. The highest BCUT2D eigenvalue weighted by Gasteiger charge is 2.20. The van der Waals surface area contributed by atoms with Crippen molar-refractivity contribution in [2.75, 3.05) is 39.4 Å². The molecule has 2 saturated heterocycles. The normalized spacial score (nSPS) is 19.1. The Balaban J connectivity index is 1.33. The van der Waals surface area contributed by atoms with Gasteiger partial charge >= 0.3 is 0 Å².